The number of carbonyl (C=O) groups excluding carboxylic acids is 1. The molecule has 2 unspecified atom stereocenters. The van der Waals surface area contributed by atoms with Crippen molar-refractivity contribution in [3.8, 4) is 0 Å². The zero-order chi connectivity index (χ0) is 13.7. The van der Waals surface area contributed by atoms with E-state index in [1.54, 1.807) is 0 Å². The fourth-order valence-electron chi connectivity index (χ4n) is 2.71. The first kappa shape index (κ1) is 14.1. The number of nitrogens with one attached hydrogen (secondary N) is 1. The van der Waals surface area contributed by atoms with Crippen LogP contribution < -0.4 is 5.32 Å². The molecule has 1 aliphatic rings. The molecular weight excluding hydrogens is 238 g/mol. The van der Waals surface area contributed by atoms with Crippen LogP contribution in [-0.4, -0.2) is 17.1 Å². The lowest BCUT2D eigenvalue weighted by Gasteiger charge is -2.17. The van der Waals surface area contributed by atoms with Crippen molar-refractivity contribution >= 4 is 5.91 Å². The van der Waals surface area contributed by atoms with Crippen molar-refractivity contribution in [3.63, 3.8) is 0 Å². The number of rotatable bonds is 6. The number of fused-ring (bicyclic) bond motifs is 1. The summed E-state index contributed by atoms with van der Waals surface area (Å²) in [6.07, 6.45) is 5.11. The van der Waals surface area contributed by atoms with Crippen molar-refractivity contribution in [2.24, 2.45) is 0 Å². The van der Waals surface area contributed by atoms with Crippen LogP contribution >= 0.6 is 0 Å². The van der Waals surface area contributed by atoms with E-state index in [4.69, 9.17) is 0 Å². The maximum absolute atomic E-state index is 11.9. The summed E-state index contributed by atoms with van der Waals surface area (Å²) < 4.78 is 0. The van der Waals surface area contributed by atoms with Gasteiger partial charge in [0.1, 0.15) is 0 Å². The summed E-state index contributed by atoms with van der Waals surface area (Å²) in [6, 6.07) is 7.71. The van der Waals surface area contributed by atoms with E-state index in [1.165, 1.54) is 12.8 Å². The second-order valence-electron chi connectivity index (χ2n) is 5.33. The number of hydrogen-bond acceptors (Lipinski definition) is 2. The number of unbranched alkanes of at least 4 members (excludes halogenated alkanes) is 3. The van der Waals surface area contributed by atoms with Crippen LogP contribution in [0.3, 0.4) is 0 Å². The van der Waals surface area contributed by atoms with Gasteiger partial charge in [-0.15, -0.1) is 0 Å². The lowest BCUT2D eigenvalue weighted by atomic mass is 10.1. The fourth-order valence-corrected chi connectivity index (χ4v) is 2.71. The monoisotopic (exact) mass is 261 g/mol. The maximum Gasteiger partial charge on any atom is 0.220 e. The molecule has 104 valence electrons. The molecule has 0 fully saturated rings. The smallest absolute Gasteiger partial charge is 0.220 e. The summed E-state index contributed by atoms with van der Waals surface area (Å²) >= 11 is 0. The molecule has 0 saturated carbocycles. The molecule has 19 heavy (non-hydrogen) atoms. The second kappa shape index (κ2) is 6.71. The number of aliphatic hydroxyl groups is 1. The van der Waals surface area contributed by atoms with E-state index in [0.717, 1.165) is 24.0 Å². The summed E-state index contributed by atoms with van der Waals surface area (Å²) in [7, 11) is 0. The number of hydrogen-bond donors (Lipinski definition) is 2. The maximum atomic E-state index is 11.9. The van der Waals surface area contributed by atoms with E-state index in [1.807, 2.05) is 24.3 Å². The first-order chi connectivity index (χ1) is 9.22. The van der Waals surface area contributed by atoms with Gasteiger partial charge in [0.15, 0.2) is 0 Å². The summed E-state index contributed by atoms with van der Waals surface area (Å²) in [5, 5.41) is 13.0. The number of carbonyl (C=O) groups is 1. The van der Waals surface area contributed by atoms with Gasteiger partial charge in [-0.25, -0.2) is 0 Å². The zero-order valence-electron chi connectivity index (χ0n) is 11.6. The molecule has 0 spiro atoms. The van der Waals surface area contributed by atoms with Crippen LogP contribution in [-0.2, 0) is 11.2 Å². The topological polar surface area (TPSA) is 49.3 Å². The Kier molecular flexibility index (Phi) is 4.97. The standard InChI is InChI=1S/C16H23NO2/c1-2-3-4-5-10-15(19)17-16-13-9-7-6-8-12(13)11-14(16)18/h6-9,14,16,18H,2-5,10-11H2,1H3,(H,17,19). The van der Waals surface area contributed by atoms with Gasteiger partial charge in [-0.1, -0.05) is 50.5 Å². The molecule has 0 aliphatic heterocycles. The van der Waals surface area contributed by atoms with Crippen LogP contribution in [0, 0.1) is 0 Å². The van der Waals surface area contributed by atoms with E-state index in [0.29, 0.717) is 12.8 Å². The molecule has 0 bridgehead atoms. The van der Waals surface area contributed by atoms with Gasteiger partial charge < -0.3 is 10.4 Å². The van der Waals surface area contributed by atoms with E-state index >= 15 is 0 Å². The van der Waals surface area contributed by atoms with Crippen molar-refractivity contribution in [3.05, 3.63) is 35.4 Å². The Morgan fingerprint density at radius 1 is 1.32 bits per heavy atom. The van der Waals surface area contributed by atoms with Gasteiger partial charge in [-0.2, -0.15) is 0 Å². The highest BCUT2D eigenvalue weighted by molar-refractivity contribution is 5.76. The Morgan fingerprint density at radius 2 is 2.11 bits per heavy atom. The molecule has 1 aliphatic carbocycles. The van der Waals surface area contributed by atoms with Crippen LogP contribution in [0.15, 0.2) is 24.3 Å². The lowest BCUT2D eigenvalue weighted by molar-refractivity contribution is -0.122. The van der Waals surface area contributed by atoms with Gasteiger partial charge in [0.25, 0.3) is 0 Å². The predicted octanol–water partition coefficient (Wildman–Crippen LogP) is 2.73. The van der Waals surface area contributed by atoms with Crippen LogP contribution in [0.4, 0.5) is 0 Å². The van der Waals surface area contributed by atoms with E-state index in [2.05, 4.69) is 12.2 Å². The van der Waals surface area contributed by atoms with Gasteiger partial charge >= 0.3 is 0 Å². The minimum Gasteiger partial charge on any atom is -0.390 e. The first-order valence-electron chi connectivity index (χ1n) is 7.27. The normalized spacial score (nSPS) is 21.2. The van der Waals surface area contributed by atoms with Gasteiger partial charge in [0.2, 0.25) is 5.91 Å². The molecule has 0 saturated heterocycles. The van der Waals surface area contributed by atoms with E-state index < -0.39 is 6.10 Å². The zero-order valence-corrected chi connectivity index (χ0v) is 11.6. The van der Waals surface area contributed by atoms with Crippen LogP contribution in [0.25, 0.3) is 0 Å². The Morgan fingerprint density at radius 3 is 2.89 bits per heavy atom. The summed E-state index contributed by atoms with van der Waals surface area (Å²) in [6.45, 7) is 2.16. The van der Waals surface area contributed by atoms with E-state index in [9.17, 15) is 9.90 Å². The van der Waals surface area contributed by atoms with Gasteiger partial charge in [0.05, 0.1) is 12.1 Å². The average Bonchev–Trinajstić information content (AvgIpc) is 2.72. The first-order valence-corrected chi connectivity index (χ1v) is 7.27. The molecule has 1 amide bonds. The average molecular weight is 261 g/mol. The Labute approximate surface area is 115 Å². The molecular formula is C16H23NO2. The highest BCUT2D eigenvalue weighted by Gasteiger charge is 2.31. The summed E-state index contributed by atoms with van der Waals surface area (Å²) in [5.74, 6) is 0.0526. The van der Waals surface area contributed by atoms with Gasteiger partial charge in [-0.05, 0) is 17.5 Å². The molecule has 1 aromatic carbocycles. The van der Waals surface area contributed by atoms with Crippen LogP contribution in [0.2, 0.25) is 0 Å². The van der Waals surface area contributed by atoms with Crippen LogP contribution in [0.1, 0.15) is 56.2 Å². The summed E-state index contributed by atoms with van der Waals surface area (Å²) in [4.78, 5) is 11.9. The number of aliphatic hydroxyl groups excluding tert-OH is 1. The number of amides is 1. The molecule has 3 heteroatoms. The quantitative estimate of drug-likeness (QED) is 0.774. The highest BCUT2D eigenvalue weighted by Crippen LogP contribution is 2.31. The van der Waals surface area contributed by atoms with Crippen molar-refractivity contribution < 1.29 is 9.90 Å². The lowest BCUT2D eigenvalue weighted by Crippen LogP contribution is -2.33. The molecule has 0 aromatic heterocycles. The van der Waals surface area contributed by atoms with Crippen LogP contribution in [0.5, 0.6) is 0 Å². The predicted molar refractivity (Wildman–Crippen MR) is 75.8 cm³/mol. The van der Waals surface area contributed by atoms with Crippen molar-refractivity contribution in [1.82, 2.24) is 5.32 Å². The largest absolute Gasteiger partial charge is 0.390 e. The molecule has 2 rings (SSSR count). The van der Waals surface area contributed by atoms with Crippen molar-refractivity contribution in [2.75, 3.05) is 0 Å². The third kappa shape index (κ3) is 3.57. The Hall–Kier alpha value is -1.35. The molecule has 3 nitrogen and oxygen atoms in total. The van der Waals surface area contributed by atoms with Gasteiger partial charge in [-0.3, -0.25) is 4.79 Å². The molecule has 0 radical (unpaired) electrons. The molecule has 2 N–H and O–H groups in total. The van der Waals surface area contributed by atoms with Crippen molar-refractivity contribution in [2.45, 2.75) is 57.6 Å². The van der Waals surface area contributed by atoms with Crippen molar-refractivity contribution in [1.29, 1.82) is 0 Å². The molecule has 2 atom stereocenters. The second-order valence-corrected chi connectivity index (χ2v) is 5.33. The molecule has 0 heterocycles. The third-order valence-corrected chi connectivity index (χ3v) is 3.78. The third-order valence-electron chi connectivity index (χ3n) is 3.78. The SMILES string of the molecule is CCCCCCC(=O)NC1c2ccccc2CC1O. The minimum atomic E-state index is -0.489. The Balaban J connectivity index is 1.87. The fraction of sp³-hybridized carbons (Fsp3) is 0.562. The number of benzene rings is 1. The van der Waals surface area contributed by atoms with E-state index in [-0.39, 0.29) is 11.9 Å². The minimum absolute atomic E-state index is 0.0526. The molecule has 1 aromatic rings. The Bertz CT molecular complexity index is 431. The highest BCUT2D eigenvalue weighted by atomic mass is 16.3. The summed E-state index contributed by atoms with van der Waals surface area (Å²) in [5.41, 5.74) is 2.21. The van der Waals surface area contributed by atoms with Gasteiger partial charge in [0, 0.05) is 12.8 Å².